The van der Waals surface area contributed by atoms with E-state index in [1.165, 1.54) is 10.6 Å². The molecule has 40 heavy (non-hydrogen) atoms. The predicted octanol–water partition coefficient (Wildman–Crippen LogP) is 5.28. The molecule has 0 unspecified atom stereocenters. The SMILES string of the molecule is CN1CCN(c2ccc(Nc3ncc4ccc(=O)n(-c5cccc(NC(=O)OC(C)(C)C)c5)c4n3)c(Cl)c2)CC1. The van der Waals surface area contributed by atoms with E-state index in [1.807, 2.05) is 18.2 Å². The van der Waals surface area contributed by atoms with E-state index >= 15 is 0 Å². The number of fused-ring (bicyclic) bond motifs is 1. The molecule has 2 aromatic carbocycles. The third-order valence-electron chi connectivity index (χ3n) is 6.45. The Hall–Kier alpha value is -4.15. The van der Waals surface area contributed by atoms with E-state index in [0.29, 0.717) is 39.1 Å². The van der Waals surface area contributed by atoms with Crippen LogP contribution < -0.4 is 21.1 Å². The number of likely N-dealkylation sites (N-methyl/N-ethyl adjacent to an activating group) is 1. The number of pyridine rings is 1. The summed E-state index contributed by atoms with van der Waals surface area (Å²) >= 11 is 6.64. The molecule has 0 radical (unpaired) electrons. The number of ether oxygens (including phenoxy) is 1. The minimum Gasteiger partial charge on any atom is -0.444 e. The maximum atomic E-state index is 13.0. The molecule has 1 amide bonds. The monoisotopic (exact) mass is 561 g/mol. The number of nitrogens with one attached hydrogen (secondary N) is 2. The smallest absolute Gasteiger partial charge is 0.412 e. The van der Waals surface area contributed by atoms with Gasteiger partial charge in [0.2, 0.25) is 5.95 Å². The van der Waals surface area contributed by atoms with Crippen molar-refractivity contribution in [2.75, 3.05) is 48.8 Å². The summed E-state index contributed by atoms with van der Waals surface area (Å²) in [5, 5.41) is 7.12. The molecule has 0 bridgehead atoms. The zero-order chi connectivity index (χ0) is 28.4. The fraction of sp³-hybridized carbons (Fsp3) is 0.310. The van der Waals surface area contributed by atoms with Gasteiger partial charge in [-0.1, -0.05) is 17.7 Å². The lowest BCUT2D eigenvalue weighted by atomic mass is 10.2. The van der Waals surface area contributed by atoms with E-state index in [9.17, 15) is 9.59 Å². The molecule has 5 rings (SSSR count). The highest BCUT2D eigenvalue weighted by Gasteiger charge is 2.18. The van der Waals surface area contributed by atoms with E-state index in [0.717, 1.165) is 31.9 Å². The van der Waals surface area contributed by atoms with Crippen molar-refractivity contribution in [3.8, 4) is 5.69 Å². The molecule has 0 spiro atoms. The number of rotatable bonds is 5. The normalized spacial score (nSPS) is 14.3. The molecule has 2 aromatic heterocycles. The lowest BCUT2D eigenvalue weighted by molar-refractivity contribution is 0.0636. The van der Waals surface area contributed by atoms with Gasteiger partial charge in [-0.15, -0.1) is 0 Å². The molecule has 11 heteroatoms. The summed E-state index contributed by atoms with van der Waals surface area (Å²) in [6, 6.07) is 15.9. The van der Waals surface area contributed by atoms with Crippen LogP contribution in [0.15, 0.2) is 65.6 Å². The van der Waals surface area contributed by atoms with Gasteiger partial charge in [0, 0.05) is 55.2 Å². The quantitative estimate of drug-likeness (QED) is 0.339. The Morgan fingerprint density at radius 1 is 1.00 bits per heavy atom. The number of anilines is 4. The summed E-state index contributed by atoms with van der Waals surface area (Å²) in [7, 11) is 2.12. The van der Waals surface area contributed by atoms with Crippen molar-refractivity contribution in [1.82, 2.24) is 19.4 Å². The van der Waals surface area contributed by atoms with Crippen LogP contribution in [0.5, 0.6) is 0 Å². The standard InChI is InChI=1S/C29H32ClN7O3/c1-29(2,3)40-28(39)32-20-6-5-7-22(16-20)37-25(38)11-8-19-18-31-27(34-26(19)37)33-24-10-9-21(17-23(24)30)36-14-12-35(4)13-15-36/h5-11,16-18H,12-15H2,1-4H3,(H,32,39)(H,31,33,34). The zero-order valence-electron chi connectivity index (χ0n) is 22.9. The second-order valence-corrected chi connectivity index (χ2v) is 11.1. The van der Waals surface area contributed by atoms with Crippen LogP contribution in [0.25, 0.3) is 16.7 Å². The molecule has 1 fully saturated rings. The van der Waals surface area contributed by atoms with Gasteiger partial charge in [-0.2, -0.15) is 4.98 Å². The van der Waals surface area contributed by atoms with Crippen molar-refractivity contribution in [3.05, 3.63) is 76.2 Å². The van der Waals surface area contributed by atoms with Gasteiger partial charge in [-0.05, 0) is 70.3 Å². The first kappa shape index (κ1) is 27.4. The van der Waals surface area contributed by atoms with Crippen LogP contribution in [0, 0.1) is 0 Å². The van der Waals surface area contributed by atoms with Crippen LogP contribution in [0.4, 0.5) is 27.8 Å². The van der Waals surface area contributed by atoms with Crippen molar-refractivity contribution in [3.63, 3.8) is 0 Å². The van der Waals surface area contributed by atoms with E-state index in [2.05, 4.69) is 37.4 Å². The van der Waals surface area contributed by atoms with Gasteiger partial charge in [-0.3, -0.25) is 14.7 Å². The van der Waals surface area contributed by atoms with Crippen LogP contribution in [0.2, 0.25) is 5.02 Å². The third kappa shape index (κ3) is 6.35. The van der Waals surface area contributed by atoms with E-state index < -0.39 is 11.7 Å². The fourth-order valence-corrected chi connectivity index (χ4v) is 4.68. The summed E-state index contributed by atoms with van der Waals surface area (Å²) in [4.78, 5) is 39.0. The van der Waals surface area contributed by atoms with Gasteiger partial charge < -0.3 is 19.9 Å². The molecule has 208 valence electrons. The molecule has 0 saturated carbocycles. The van der Waals surface area contributed by atoms with Gasteiger partial charge in [0.05, 0.1) is 16.4 Å². The number of piperazine rings is 1. The summed E-state index contributed by atoms with van der Waals surface area (Å²) in [5.74, 6) is 0.295. The summed E-state index contributed by atoms with van der Waals surface area (Å²) in [6.45, 7) is 9.27. The number of hydrogen-bond donors (Lipinski definition) is 2. The number of halogens is 1. The largest absolute Gasteiger partial charge is 0.444 e. The molecule has 2 N–H and O–H groups in total. The summed E-state index contributed by atoms with van der Waals surface area (Å²) in [5.41, 5.74) is 2.23. The first-order valence-corrected chi connectivity index (χ1v) is 13.4. The maximum Gasteiger partial charge on any atom is 0.412 e. The Morgan fingerprint density at radius 2 is 1.77 bits per heavy atom. The van der Waals surface area contributed by atoms with Crippen LogP contribution in [-0.2, 0) is 4.74 Å². The van der Waals surface area contributed by atoms with Crippen molar-refractivity contribution >= 4 is 51.7 Å². The summed E-state index contributed by atoms with van der Waals surface area (Å²) < 4.78 is 6.82. The fourth-order valence-electron chi connectivity index (χ4n) is 4.46. The van der Waals surface area contributed by atoms with Crippen molar-refractivity contribution in [2.24, 2.45) is 0 Å². The highest BCUT2D eigenvalue weighted by Crippen LogP contribution is 2.30. The van der Waals surface area contributed by atoms with Crippen molar-refractivity contribution in [1.29, 1.82) is 0 Å². The van der Waals surface area contributed by atoms with Gasteiger partial charge in [0.25, 0.3) is 5.56 Å². The van der Waals surface area contributed by atoms with Crippen molar-refractivity contribution in [2.45, 2.75) is 26.4 Å². The van der Waals surface area contributed by atoms with Crippen LogP contribution in [-0.4, -0.2) is 64.4 Å². The van der Waals surface area contributed by atoms with Gasteiger partial charge in [0.15, 0.2) is 5.65 Å². The molecule has 4 aromatic rings. The average molecular weight is 562 g/mol. The Labute approximate surface area is 237 Å². The van der Waals surface area contributed by atoms with Gasteiger partial charge in [0.1, 0.15) is 5.60 Å². The predicted molar refractivity (Wildman–Crippen MR) is 159 cm³/mol. The molecule has 3 heterocycles. The van der Waals surface area contributed by atoms with Gasteiger partial charge >= 0.3 is 6.09 Å². The van der Waals surface area contributed by atoms with E-state index in [4.69, 9.17) is 16.3 Å². The second-order valence-electron chi connectivity index (χ2n) is 10.7. The topological polar surface area (TPSA) is 105 Å². The number of amides is 1. The number of benzene rings is 2. The maximum absolute atomic E-state index is 13.0. The third-order valence-corrected chi connectivity index (χ3v) is 6.76. The van der Waals surface area contributed by atoms with Gasteiger partial charge in [-0.25, -0.2) is 9.78 Å². The molecule has 1 saturated heterocycles. The first-order valence-electron chi connectivity index (χ1n) is 13.0. The lowest BCUT2D eigenvalue weighted by Gasteiger charge is -2.34. The Bertz CT molecular complexity index is 1610. The highest BCUT2D eigenvalue weighted by molar-refractivity contribution is 6.33. The second kappa shape index (κ2) is 11.1. The van der Waals surface area contributed by atoms with Crippen LogP contribution in [0.1, 0.15) is 20.8 Å². The summed E-state index contributed by atoms with van der Waals surface area (Å²) in [6.07, 6.45) is 1.06. The Kier molecular flexibility index (Phi) is 7.64. The van der Waals surface area contributed by atoms with Crippen LogP contribution in [0.3, 0.4) is 0 Å². The Balaban J connectivity index is 1.43. The minimum absolute atomic E-state index is 0.277. The number of carbonyl (C=O) groups is 1. The highest BCUT2D eigenvalue weighted by atomic mass is 35.5. The number of hydrogen-bond acceptors (Lipinski definition) is 8. The molecular formula is C29H32ClN7O3. The number of carbonyl (C=O) groups excluding carboxylic acids is 1. The zero-order valence-corrected chi connectivity index (χ0v) is 23.7. The van der Waals surface area contributed by atoms with Crippen LogP contribution >= 0.6 is 11.6 Å². The molecular weight excluding hydrogens is 530 g/mol. The van der Waals surface area contributed by atoms with E-state index in [-0.39, 0.29) is 5.56 Å². The minimum atomic E-state index is -0.637. The van der Waals surface area contributed by atoms with E-state index in [1.54, 1.807) is 57.3 Å². The molecule has 1 aliphatic heterocycles. The lowest BCUT2D eigenvalue weighted by Crippen LogP contribution is -2.44. The molecule has 0 atom stereocenters. The number of aromatic nitrogens is 3. The van der Waals surface area contributed by atoms with Crippen molar-refractivity contribution < 1.29 is 9.53 Å². The molecule has 10 nitrogen and oxygen atoms in total. The number of nitrogens with zero attached hydrogens (tertiary/aromatic N) is 5. The molecule has 0 aliphatic carbocycles. The average Bonchev–Trinajstić information content (AvgIpc) is 2.89. The Morgan fingerprint density at radius 3 is 2.50 bits per heavy atom. The molecule has 1 aliphatic rings. The first-order chi connectivity index (χ1) is 19.1.